The van der Waals surface area contributed by atoms with Crippen LogP contribution < -0.4 is 10.1 Å². The molecule has 2 rings (SSSR count). The largest absolute Gasteiger partial charge is 0.497 e. The van der Waals surface area contributed by atoms with Gasteiger partial charge in [0, 0.05) is 16.7 Å². The van der Waals surface area contributed by atoms with Crippen molar-refractivity contribution >= 4 is 21.6 Å². The molecule has 2 aromatic carbocycles. The highest BCUT2D eigenvalue weighted by Gasteiger charge is 2.08. The van der Waals surface area contributed by atoms with Crippen molar-refractivity contribution in [2.24, 2.45) is 0 Å². The van der Waals surface area contributed by atoms with Gasteiger partial charge in [0.2, 0.25) is 0 Å². The van der Waals surface area contributed by atoms with Crippen molar-refractivity contribution in [2.45, 2.75) is 20.0 Å². The van der Waals surface area contributed by atoms with Crippen LogP contribution >= 0.6 is 15.9 Å². The minimum Gasteiger partial charge on any atom is -0.497 e. The molecule has 0 aliphatic carbocycles. The highest BCUT2D eigenvalue weighted by Crippen LogP contribution is 2.25. The van der Waals surface area contributed by atoms with Crippen molar-refractivity contribution in [3.8, 4) is 5.75 Å². The Balaban J connectivity index is 2.01. The van der Waals surface area contributed by atoms with Crippen LogP contribution in [-0.2, 0) is 0 Å². The number of halogens is 1. The van der Waals surface area contributed by atoms with Gasteiger partial charge in [0.15, 0.2) is 0 Å². The second-order valence-corrected chi connectivity index (χ2v) is 5.89. The van der Waals surface area contributed by atoms with Gasteiger partial charge in [0.1, 0.15) is 5.75 Å². The number of hydrogen-bond donors (Lipinski definition) is 2. The summed E-state index contributed by atoms with van der Waals surface area (Å²) in [5.41, 5.74) is 4.24. The first-order valence-electron chi connectivity index (χ1n) is 6.84. The molecule has 0 bridgehead atoms. The molecule has 0 spiro atoms. The zero-order valence-electron chi connectivity index (χ0n) is 12.5. The monoisotopic (exact) mass is 349 g/mol. The number of nitrogens with one attached hydrogen (secondary N) is 1. The summed E-state index contributed by atoms with van der Waals surface area (Å²) in [6.45, 7) is 4.58. The summed E-state index contributed by atoms with van der Waals surface area (Å²) in [4.78, 5) is 0. The van der Waals surface area contributed by atoms with Gasteiger partial charge in [-0.25, -0.2) is 0 Å². The van der Waals surface area contributed by atoms with E-state index in [-0.39, 0.29) is 0 Å². The second kappa shape index (κ2) is 6.96. The molecule has 3 nitrogen and oxygen atoms in total. The molecule has 2 N–H and O–H groups in total. The van der Waals surface area contributed by atoms with Crippen molar-refractivity contribution in [1.29, 1.82) is 0 Å². The van der Waals surface area contributed by atoms with Crippen molar-refractivity contribution in [2.75, 3.05) is 19.0 Å². The number of aliphatic hydroxyl groups excluding tert-OH is 1. The van der Waals surface area contributed by atoms with E-state index in [1.165, 1.54) is 11.1 Å². The summed E-state index contributed by atoms with van der Waals surface area (Å²) in [5.74, 6) is 0.790. The van der Waals surface area contributed by atoms with Gasteiger partial charge in [-0.3, -0.25) is 0 Å². The lowest BCUT2D eigenvalue weighted by atomic mass is 10.1. The van der Waals surface area contributed by atoms with Crippen LogP contribution in [0.2, 0.25) is 0 Å². The zero-order chi connectivity index (χ0) is 15.4. The van der Waals surface area contributed by atoms with Crippen LogP contribution in [0.25, 0.3) is 0 Å². The summed E-state index contributed by atoms with van der Waals surface area (Å²) >= 11 is 3.55. The van der Waals surface area contributed by atoms with E-state index >= 15 is 0 Å². The number of hydrogen-bond acceptors (Lipinski definition) is 3. The van der Waals surface area contributed by atoms with Gasteiger partial charge in [-0.1, -0.05) is 28.1 Å². The molecular weight excluding hydrogens is 330 g/mol. The molecule has 2 aromatic rings. The SMILES string of the molecule is COc1ccc(C(O)CNc2cc(C)c(Br)c(C)c2)cc1. The lowest BCUT2D eigenvalue weighted by Crippen LogP contribution is -2.12. The van der Waals surface area contributed by atoms with E-state index in [1.807, 2.05) is 24.3 Å². The Hall–Kier alpha value is -1.52. The number of aryl methyl sites for hydroxylation is 2. The number of anilines is 1. The predicted octanol–water partition coefficient (Wildman–Crippen LogP) is 4.22. The smallest absolute Gasteiger partial charge is 0.118 e. The van der Waals surface area contributed by atoms with Crippen LogP contribution in [0.15, 0.2) is 40.9 Å². The molecule has 0 radical (unpaired) electrons. The molecule has 4 heteroatoms. The Morgan fingerprint density at radius 2 is 1.71 bits per heavy atom. The van der Waals surface area contributed by atoms with Crippen molar-refractivity contribution in [3.05, 3.63) is 57.6 Å². The number of ether oxygens (including phenoxy) is 1. The first kappa shape index (κ1) is 15.9. The first-order chi connectivity index (χ1) is 10.0. The highest BCUT2D eigenvalue weighted by molar-refractivity contribution is 9.10. The number of methoxy groups -OCH3 is 1. The van der Waals surface area contributed by atoms with Crippen LogP contribution in [0.5, 0.6) is 5.75 Å². The van der Waals surface area contributed by atoms with Crippen LogP contribution in [0.1, 0.15) is 22.8 Å². The molecule has 1 unspecified atom stereocenters. The molecule has 0 fully saturated rings. The van der Waals surface area contributed by atoms with E-state index in [4.69, 9.17) is 4.74 Å². The Bertz CT molecular complexity index is 588. The molecule has 0 saturated carbocycles. The molecule has 0 saturated heterocycles. The second-order valence-electron chi connectivity index (χ2n) is 5.09. The third-order valence-electron chi connectivity index (χ3n) is 3.44. The van der Waals surface area contributed by atoms with E-state index in [9.17, 15) is 5.11 Å². The molecule has 0 heterocycles. The molecule has 0 aliphatic rings. The van der Waals surface area contributed by atoms with E-state index in [0.717, 1.165) is 21.5 Å². The summed E-state index contributed by atoms with van der Waals surface area (Å²) < 4.78 is 6.24. The zero-order valence-corrected chi connectivity index (χ0v) is 14.1. The van der Waals surface area contributed by atoms with E-state index in [1.54, 1.807) is 7.11 Å². The maximum atomic E-state index is 10.2. The van der Waals surface area contributed by atoms with Crippen LogP contribution in [-0.4, -0.2) is 18.8 Å². The van der Waals surface area contributed by atoms with E-state index < -0.39 is 6.10 Å². The lowest BCUT2D eigenvalue weighted by molar-refractivity contribution is 0.191. The average Bonchev–Trinajstić information content (AvgIpc) is 2.50. The van der Waals surface area contributed by atoms with E-state index in [0.29, 0.717) is 6.54 Å². The van der Waals surface area contributed by atoms with Crippen LogP contribution in [0.4, 0.5) is 5.69 Å². The lowest BCUT2D eigenvalue weighted by Gasteiger charge is -2.15. The Morgan fingerprint density at radius 1 is 1.14 bits per heavy atom. The standard InChI is InChI=1S/C17H20BrNO2/c1-11-8-14(9-12(2)17(11)18)19-10-16(20)13-4-6-15(21-3)7-5-13/h4-9,16,19-20H,10H2,1-3H3. The normalized spacial score (nSPS) is 12.0. The average molecular weight is 350 g/mol. The molecule has 21 heavy (non-hydrogen) atoms. The van der Waals surface area contributed by atoms with Crippen molar-refractivity contribution in [1.82, 2.24) is 0 Å². The van der Waals surface area contributed by atoms with Crippen molar-refractivity contribution in [3.63, 3.8) is 0 Å². The quantitative estimate of drug-likeness (QED) is 0.848. The molecule has 0 aromatic heterocycles. The van der Waals surface area contributed by atoms with Gasteiger partial charge in [0.05, 0.1) is 13.2 Å². The number of rotatable bonds is 5. The number of aliphatic hydroxyl groups is 1. The third-order valence-corrected chi connectivity index (χ3v) is 4.69. The van der Waals surface area contributed by atoms with Crippen LogP contribution in [0.3, 0.4) is 0 Å². The Morgan fingerprint density at radius 3 is 2.24 bits per heavy atom. The highest BCUT2D eigenvalue weighted by atomic mass is 79.9. The van der Waals surface area contributed by atoms with E-state index in [2.05, 4.69) is 47.2 Å². The molecule has 1 atom stereocenters. The summed E-state index contributed by atoms with van der Waals surface area (Å²) in [5, 5.41) is 13.5. The maximum absolute atomic E-state index is 10.2. The van der Waals surface area contributed by atoms with Gasteiger partial charge in [-0.15, -0.1) is 0 Å². The summed E-state index contributed by atoms with van der Waals surface area (Å²) in [7, 11) is 1.63. The Kier molecular flexibility index (Phi) is 5.26. The van der Waals surface area contributed by atoms with Crippen LogP contribution in [0, 0.1) is 13.8 Å². The minimum absolute atomic E-state index is 0.465. The number of benzene rings is 2. The third kappa shape index (κ3) is 3.99. The molecule has 0 aliphatic heterocycles. The van der Waals surface area contributed by atoms with Gasteiger partial charge < -0.3 is 15.2 Å². The predicted molar refractivity (Wildman–Crippen MR) is 90.1 cm³/mol. The first-order valence-corrected chi connectivity index (χ1v) is 7.63. The Labute approximate surface area is 134 Å². The van der Waals surface area contributed by atoms with Gasteiger partial charge in [0.25, 0.3) is 0 Å². The van der Waals surface area contributed by atoms with Gasteiger partial charge in [-0.2, -0.15) is 0 Å². The van der Waals surface area contributed by atoms with Gasteiger partial charge >= 0.3 is 0 Å². The molecular formula is C17H20BrNO2. The molecule has 112 valence electrons. The van der Waals surface area contributed by atoms with Gasteiger partial charge in [-0.05, 0) is 54.8 Å². The topological polar surface area (TPSA) is 41.5 Å². The van der Waals surface area contributed by atoms with Crippen molar-refractivity contribution < 1.29 is 9.84 Å². The fourth-order valence-electron chi connectivity index (χ4n) is 2.21. The minimum atomic E-state index is -0.555. The summed E-state index contributed by atoms with van der Waals surface area (Å²) in [6, 6.07) is 11.6. The molecule has 0 amide bonds. The fraction of sp³-hybridized carbons (Fsp3) is 0.294. The summed E-state index contributed by atoms with van der Waals surface area (Å²) in [6.07, 6.45) is -0.555. The maximum Gasteiger partial charge on any atom is 0.118 e. The fourth-order valence-corrected chi connectivity index (χ4v) is 2.44.